The molecule has 0 aromatic heterocycles. The number of likely N-dealkylation sites (N-methyl/N-ethyl adjacent to an activating group) is 1. The quantitative estimate of drug-likeness (QED) is 0.722. The molecular formula is C11H17FN2O4S. The van der Waals surface area contributed by atoms with Gasteiger partial charge in [0, 0.05) is 26.4 Å². The lowest BCUT2D eigenvalue weighted by Crippen LogP contribution is -2.36. The lowest BCUT2D eigenvalue weighted by molar-refractivity contribution is 0.0554. The van der Waals surface area contributed by atoms with Gasteiger partial charge in [-0.05, 0) is 18.2 Å². The molecule has 8 heteroatoms. The zero-order chi connectivity index (χ0) is 14.6. The fraction of sp³-hybridized carbons (Fsp3) is 0.455. The zero-order valence-corrected chi connectivity index (χ0v) is 11.5. The van der Waals surface area contributed by atoms with Crippen molar-refractivity contribution in [1.29, 1.82) is 0 Å². The Kier molecular flexibility index (Phi) is 5.24. The lowest BCUT2D eigenvalue weighted by Gasteiger charge is -2.20. The van der Waals surface area contributed by atoms with Gasteiger partial charge in [-0.1, -0.05) is 0 Å². The molecule has 0 spiro atoms. The molecule has 0 aliphatic carbocycles. The van der Waals surface area contributed by atoms with Crippen molar-refractivity contribution in [2.24, 2.45) is 0 Å². The molecule has 6 nitrogen and oxygen atoms in total. The number of benzene rings is 1. The van der Waals surface area contributed by atoms with Crippen molar-refractivity contribution in [2.75, 3.05) is 33.0 Å². The molecule has 0 fully saturated rings. The third kappa shape index (κ3) is 3.87. The summed E-state index contributed by atoms with van der Waals surface area (Å²) in [5, 5.41) is 9.50. The number of rotatable bonds is 6. The number of anilines is 1. The van der Waals surface area contributed by atoms with Crippen LogP contribution in [0.25, 0.3) is 0 Å². The largest absolute Gasteiger partial charge is 0.399 e. The number of hydrogen-bond acceptors (Lipinski definition) is 5. The Hall–Kier alpha value is -1.22. The second kappa shape index (κ2) is 6.29. The summed E-state index contributed by atoms with van der Waals surface area (Å²) in [5.74, 6) is -0.923. The lowest BCUT2D eigenvalue weighted by atomic mass is 10.3. The van der Waals surface area contributed by atoms with Gasteiger partial charge in [-0.2, -0.15) is 4.31 Å². The number of halogens is 1. The highest BCUT2D eigenvalue weighted by atomic mass is 32.2. The van der Waals surface area contributed by atoms with E-state index < -0.39 is 26.8 Å². The molecule has 1 aromatic rings. The highest BCUT2D eigenvalue weighted by Crippen LogP contribution is 2.20. The molecule has 108 valence electrons. The Morgan fingerprint density at radius 3 is 2.68 bits per heavy atom. The fourth-order valence-corrected chi connectivity index (χ4v) is 2.78. The van der Waals surface area contributed by atoms with Gasteiger partial charge in [0.05, 0.1) is 12.7 Å². The Morgan fingerprint density at radius 2 is 2.16 bits per heavy atom. The number of aliphatic hydroxyl groups excluding tert-OH is 1. The number of nitrogen functional groups attached to an aromatic ring is 1. The molecule has 0 saturated heterocycles. The van der Waals surface area contributed by atoms with Crippen molar-refractivity contribution in [3.63, 3.8) is 0 Å². The third-order valence-corrected chi connectivity index (χ3v) is 4.33. The minimum absolute atomic E-state index is 0.00984. The third-order valence-electron chi connectivity index (χ3n) is 2.47. The highest BCUT2D eigenvalue weighted by Gasteiger charge is 2.26. The van der Waals surface area contributed by atoms with E-state index in [0.717, 1.165) is 16.4 Å². The van der Waals surface area contributed by atoms with Gasteiger partial charge in [0.25, 0.3) is 0 Å². The molecule has 0 aliphatic heterocycles. The van der Waals surface area contributed by atoms with Gasteiger partial charge < -0.3 is 15.6 Å². The smallest absolute Gasteiger partial charge is 0.245 e. The predicted molar refractivity (Wildman–Crippen MR) is 68.5 cm³/mol. The standard InChI is InChI=1S/C11H17FN2O4S/c1-14(6-9(15)7-18-2)19(16,17)11-4-3-8(13)5-10(11)12/h3-5,9,15H,6-7,13H2,1-2H3. The van der Waals surface area contributed by atoms with Crippen LogP contribution in [-0.2, 0) is 14.8 Å². The molecule has 0 aliphatic rings. The van der Waals surface area contributed by atoms with Gasteiger partial charge in [0.1, 0.15) is 10.7 Å². The van der Waals surface area contributed by atoms with Crippen LogP contribution in [0.3, 0.4) is 0 Å². The molecule has 0 saturated carbocycles. The van der Waals surface area contributed by atoms with E-state index in [1.54, 1.807) is 0 Å². The van der Waals surface area contributed by atoms with E-state index in [9.17, 15) is 17.9 Å². The number of ether oxygens (including phenoxy) is 1. The average molecular weight is 292 g/mol. The molecule has 3 N–H and O–H groups in total. The van der Waals surface area contributed by atoms with Crippen molar-refractivity contribution in [1.82, 2.24) is 4.31 Å². The van der Waals surface area contributed by atoms with Gasteiger partial charge in [-0.15, -0.1) is 0 Å². The van der Waals surface area contributed by atoms with Crippen molar-refractivity contribution in [3.8, 4) is 0 Å². The van der Waals surface area contributed by atoms with E-state index in [1.165, 1.54) is 20.2 Å². The molecule has 1 rings (SSSR count). The van der Waals surface area contributed by atoms with Gasteiger partial charge in [0.15, 0.2) is 0 Å². The Balaban J connectivity index is 2.97. The normalized spacial score (nSPS) is 13.7. The summed E-state index contributed by atoms with van der Waals surface area (Å²) in [4.78, 5) is -0.478. The fourth-order valence-electron chi connectivity index (χ4n) is 1.53. The van der Waals surface area contributed by atoms with Crippen LogP contribution < -0.4 is 5.73 Å². The molecule has 1 aromatic carbocycles. The first-order chi connectivity index (χ1) is 8.78. The van der Waals surface area contributed by atoms with E-state index in [2.05, 4.69) is 0 Å². The second-order valence-corrected chi connectivity index (χ2v) is 6.10. The number of nitrogens with zero attached hydrogens (tertiary/aromatic N) is 1. The van der Waals surface area contributed by atoms with Crippen LogP contribution >= 0.6 is 0 Å². The van der Waals surface area contributed by atoms with Crippen LogP contribution in [-0.4, -0.2) is 51.2 Å². The van der Waals surface area contributed by atoms with Crippen LogP contribution in [0.4, 0.5) is 10.1 Å². The molecule has 19 heavy (non-hydrogen) atoms. The monoisotopic (exact) mass is 292 g/mol. The topological polar surface area (TPSA) is 92.9 Å². The second-order valence-electron chi connectivity index (χ2n) is 4.08. The molecule has 0 heterocycles. The molecule has 1 unspecified atom stereocenters. The molecule has 0 radical (unpaired) electrons. The maximum atomic E-state index is 13.6. The Labute approximate surface area is 111 Å². The molecule has 0 amide bonds. The van der Waals surface area contributed by atoms with Crippen LogP contribution in [0, 0.1) is 5.82 Å². The van der Waals surface area contributed by atoms with E-state index in [-0.39, 0.29) is 18.8 Å². The minimum atomic E-state index is -4.01. The van der Waals surface area contributed by atoms with Gasteiger partial charge in [-0.3, -0.25) is 0 Å². The first-order valence-corrected chi connectivity index (χ1v) is 6.91. The highest BCUT2D eigenvalue weighted by molar-refractivity contribution is 7.89. The van der Waals surface area contributed by atoms with Crippen LogP contribution in [0.1, 0.15) is 0 Å². The first kappa shape index (κ1) is 15.8. The van der Waals surface area contributed by atoms with Crippen molar-refractivity contribution < 1.29 is 22.7 Å². The van der Waals surface area contributed by atoms with Crippen molar-refractivity contribution in [2.45, 2.75) is 11.0 Å². The molecule has 0 bridgehead atoms. The summed E-state index contributed by atoms with van der Waals surface area (Å²) in [7, 11) is -1.37. The van der Waals surface area contributed by atoms with Gasteiger partial charge in [-0.25, -0.2) is 12.8 Å². The van der Waals surface area contributed by atoms with Crippen LogP contribution in [0.2, 0.25) is 0 Å². The summed E-state index contributed by atoms with van der Waals surface area (Å²) in [6.07, 6.45) is -0.985. The van der Waals surface area contributed by atoms with Gasteiger partial charge in [0.2, 0.25) is 10.0 Å². The van der Waals surface area contributed by atoms with Crippen LogP contribution in [0.5, 0.6) is 0 Å². The van der Waals surface area contributed by atoms with Crippen molar-refractivity contribution in [3.05, 3.63) is 24.0 Å². The summed E-state index contributed by atoms with van der Waals surface area (Å²) < 4.78 is 43.4. The zero-order valence-electron chi connectivity index (χ0n) is 10.7. The number of nitrogens with two attached hydrogens (primary N) is 1. The number of aliphatic hydroxyl groups is 1. The van der Waals surface area contributed by atoms with Crippen molar-refractivity contribution >= 4 is 15.7 Å². The summed E-state index contributed by atoms with van der Waals surface area (Å²) in [5.41, 5.74) is 5.50. The SMILES string of the molecule is COCC(O)CN(C)S(=O)(=O)c1ccc(N)cc1F. The predicted octanol–water partition coefficient (Wildman–Crippen LogP) is 0.0357. The summed E-state index contributed by atoms with van der Waals surface area (Å²) in [6, 6.07) is 3.33. The number of methoxy groups -OCH3 is 1. The number of hydrogen-bond donors (Lipinski definition) is 2. The maximum absolute atomic E-state index is 13.6. The van der Waals surface area contributed by atoms with Crippen LogP contribution in [0.15, 0.2) is 23.1 Å². The van der Waals surface area contributed by atoms with E-state index in [0.29, 0.717) is 0 Å². The Morgan fingerprint density at radius 1 is 1.53 bits per heavy atom. The molecular weight excluding hydrogens is 275 g/mol. The Bertz CT molecular complexity index is 535. The maximum Gasteiger partial charge on any atom is 0.245 e. The van der Waals surface area contributed by atoms with E-state index in [1.807, 2.05) is 0 Å². The average Bonchev–Trinajstić information content (AvgIpc) is 2.28. The molecule has 1 atom stereocenters. The van der Waals surface area contributed by atoms with E-state index >= 15 is 0 Å². The van der Waals surface area contributed by atoms with Gasteiger partial charge >= 0.3 is 0 Å². The van der Waals surface area contributed by atoms with E-state index in [4.69, 9.17) is 10.5 Å². The minimum Gasteiger partial charge on any atom is -0.399 e. The summed E-state index contributed by atoms with van der Waals surface area (Å²) in [6.45, 7) is -0.204. The first-order valence-electron chi connectivity index (χ1n) is 5.47. The summed E-state index contributed by atoms with van der Waals surface area (Å²) >= 11 is 0. The number of sulfonamides is 1.